The highest BCUT2D eigenvalue weighted by atomic mass is 79.9. The van der Waals surface area contributed by atoms with E-state index in [1.165, 1.54) is 0 Å². The normalized spacial score (nSPS) is 18.1. The largest absolute Gasteiger partial charge is 0.386 e. The molecule has 2 aromatic rings. The minimum atomic E-state index is -0.707. The van der Waals surface area contributed by atoms with Crippen molar-refractivity contribution in [3.63, 3.8) is 0 Å². The number of amidine groups is 2. The Morgan fingerprint density at radius 1 is 0.881 bits per heavy atom. The molecular weight excluding hydrogens is 618 g/mol. The quantitative estimate of drug-likeness (QED) is 0.143. The van der Waals surface area contributed by atoms with Gasteiger partial charge in [0.1, 0.15) is 17.7 Å². The van der Waals surface area contributed by atoms with Crippen LogP contribution >= 0.6 is 28.3 Å². The molecule has 0 spiro atoms. The van der Waals surface area contributed by atoms with Gasteiger partial charge in [-0.25, -0.2) is 0 Å². The minimum absolute atomic E-state index is 0. The zero-order chi connectivity index (χ0) is 29.4. The summed E-state index contributed by atoms with van der Waals surface area (Å²) < 4.78 is 0.868. The molecule has 2 amide bonds. The molecule has 228 valence electrons. The standard InChI is InChI=1S/C31H42BrN7O2.ClH/c32-24-8-4-7-23(18-24)25(17-19-9-11-22(12-10-19)28(33)34)30(40)39-27(20-5-2-1-3-6-20)31(41)38-26(29(35)36)21-13-15-37-16-14-21;/h4,7-12,18,20-21,25-27,37H,1-3,5-6,13-17H2,(H3,33,34)(H3,35,36)(H,38,41)(H,39,40);1H/t25?,26?,27-;/m0./s1. The number of hydrogen-bond donors (Lipinski definition) is 7. The summed E-state index contributed by atoms with van der Waals surface area (Å²) in [5, 5.41) is 25.4. The van der Waals surface area contributed by atoms with Gasteiger partial charge in [0.15, 0.2) is 0 Å². The van der Waals surface area contributed by atoms with E-state index in [0.29, 0.717) is 12.0 Å². The molecule has 0 bridgehead atoms. The third-order valence-electron chi connectivity index (χ3n) is 8.46. The number of amides is 2. The molecule has 1 aliphatic heterocycles. The number of nitrogen functional groups attached to an aromatic ring is 1. The van der Waals surface area contributed by atoms with Crippen LogP contribution < -0.4 is 27.4 Å². The number of nitrogens with two attached hydrogens (primary N) is 2. The first kappa shape index (κ1) is 33.6. The summed E-state index contributed by atoms with van der Waals surface area (Å²) in [4.78, 5) is 28.0. The van der Waals surface area contributed by atoms with Gasteiger partial charge in [0, 0.05) is 10.0 Å². The van der Waals surface area contributed by atoms with Crippen LogP contribution in [0.2, 0.25) is 0 Å². The van der Waals surface area contributed by atoms with E-state index in [4.69, 9.17) is 22.3 Å². The number of carbonyl (C=O) groups is 2. The van der Waals surface area contributed by atoms with E-state index >= 15 is 0 Å². The van der Waals surface area contributed by atoms with Gasteiger partial charge >= 0.3 is 0 Å². The lowest BCUT2D eigenvalue weighted by atomic mass is 9.82. The van der Waals surface area contributed by atoms with Gasteiger partial charge < -0.3 is 27.4 Å². The first-order valence-electron chi connectivity index (χ1n) is 14.6. The third kappa shape index (κ3) is 9.02. The highest BCUT2D eigenvalue weighted by molar-refractivity contribution is 9.10. The Bertz CT molecular complexity index is 1230. The second-order valence-corrected chi connectivity index (χ2v) is 12.3. The van der Waals surface area contributed by atoms with Gasteiger partial charge in [-0.1, -0.05) is 71.6 Å². The van der Waals surface area contributed by atoms with Crippen molar-refractivity contribution in [3.05, 3.63) is 69.7 Å². The molecule has 11 heteroatoms. The highest BCUT2D eigenvalue weighted by Crippen LogP contribution is 2.29. The van der Waals surface area contributed by atoms with Gasteiger partial charge in [0.2, 0.25) is 11.8 Å². The Morgan fingerprint density at radius 3 is 2.10 bits per heavy atom. The Kier molecular flexibility index (Phi) is 12.8. The topological polar surface area (TPSA) is 170 Å². The third-order valence-corrected chi connectivity index (χ3v) is 8.96. The van der Waals surface area contributed by atoms with Crippen LogP contribution in [-0.2, 0) is 16.0 Å². The zero-order valence-electron chi connectivity index (χ0n) is 23.8. The minimum Gasteiger partial charge on any atom is -0.386 e. The van der Waals surface area contributed by atoms with Crippen LogP contribution in [0.3, 0.4) is 0 Å². The summed E-state index contributed by atoms with van der Waals surface area (Å²) in [6.07, 6.45) is 6.98. The molecule has 2 fully saturated rings. The lowest BCUT2D eigenvalue weighted by molar-refractivity contribution is -0.131. The summed E-state index contributed by atoms with van der Waals surface area (Å²) in [5.74, 6) is -0.956. The first-order valence-corrected chi connectivity index (χ1v) is 15.4. The second-order valence-electron chi connectivity index (χ2n) is 11.3. The molecule has 2 aromatic carbocycles. The summed E-state index contributed by atoms with van der Waals surface area (Å²) >= 11 is 3.54. The Hall–Kier alpha value is -2.95. The lowest BCUT2D eigenvalue weighted by Crippen LogP contribution is -2.58. The van der Waals surface area contributed by atoms with Crippen molar-refractivity contribution in [1.82, 2.24) is 16.0 Å². The first-order chi connectivity index (χ1) is 19.7. The van der Waals surface area contributed by atoms with Gasteiger partial charge in [0.05, 0.1) is 12.0 Å². The maximum absolute atomic E-state index is 14.1. The van der Waals surface area contributed by atoms with Crippen LogP contribution in [0.15, 0.2) is 53.0 Å². The van der Waals surface area contributed by atoms with Crippen molar-refractivity contribution >= 4 is 51.8 Å². The van der Waals surface area contributed by atoms with Crippen LogP contribution in [0, 0.1) is 22.7 Å². The molecule has 1 saturated carbocycles. The average Bonchev–Trinajstić information content (AvgIpc) is 2.98. The zero-order valence-corrected chi connectivity index (χ0v) is 26.2. The van der Waals surface area contributed by atoms with Crippen molar-refractivity contribution in [3.8, 4) is 0 Å². The smallest absolute Gasteiger partial charge is 0.243 e. The predicted molar refractivity (Wildman–Crippen MR) is 173 cm³/mol. The van der Waals surface area contributed by atoms with Gasteiger partial charge in [-0.2, -0.15) is 0 Å². The Labute approximate surface area is 262 Å². The number of rotatable bonds is 11. The van der Waals surface area contributed by atoms with E-state index in [1.807, 2.05) is 36.4 Å². The Balaban J connectivity index is 0.00000484. The number of halogens is 2. The van der Waals surface area contributed by atoms with Crippen LogP contribution in [0.5, 0.6) is 0 Å². The summed E-state index contributed by atoms with van der Waals surface area (Å²) in [7, 11) is 0. The molecule has 1 aliphatic carbocycles. The van der Waals surface area contributed by atoms with E-state index in [9.17, 15) is 9.59 Å². The SMILES string of the molecule is Cl.N=C(N)c1ccc(CC(C(=O)N[C@H](C(=O)NC(C(=N)N)C2CCNCC2)C2CCCCC2)c2cccc(Br)c2)cc1. The molecule has 1 saturated heterocycles. The number of carbonyl (C=O) groups excluding carboxylic acids is 2. The molecule has 9 nitrogen and oxygen atoms in total. The van der Waals surface area contributed by atoms with Crippen LogP contribution in [0.25, 0.3) is 0 Å². The maximum atomic E-state index is 14.1. The van der Waals surface area contributed by atoms with Crippen LogP contribution in [0.4, 0.5) is 0 Å². The molecular formula is C31H43BrClN7O2. The Morgan fingerprint density at radius 2 is 1.50 bits per heavy atom. The molecule has 0 aromatic heterocycles. The molecule has 42 heavy (non-hydrogen) atoms. The van der Waals surface area contributed by atoms with E-state index in [1.54, 1.807) is 12.1 Å². The van der Waals surface area contributed by atoms with Crippen molar-refractivity contribution in [2.24, 2.45) is 23.3 Å². The van der Waals surface area contributed by atoms with Gasteiger partial charge in [0.25, 0.3) is 0 Å². The fraction of sp³-hybridized carbons (Fsp3) is 0.484. The molecule has 4 rings (SSSR count). The second kappa shape index (κ2) is 16.0. The van der Waals surface area contributed by atoms with E-state index in [-0.39, 0.29) is 47.7 Å². The summed E-state index contributed by atoms with van der Waals surface area (Å²) in [6.45, 7) is 1.66. The molecule has 9 N–H and O–H groups in total. The molecule has 3 atom stereocenters. The van der Waals surface area contributed by atoms with Crippen LogP contribution in [-0.4, -0.2) is 48.7 Å². The van der Waals surface area contributed by atoms with Gasteiger partial charge in [-0.05, 0) is 80.3 Å². The van der Waals surface area contributed by atoms with Gasteiger partial charge in [-0.3, -0.25) is 20.4 Å². The van der Waals surface area contributed by atoms with Gasteiger partial charge in [-0.15, -0.1) is 12.4 Å². The number of benzene rings is 2. The highest BCUT2D eigenvalue weighted by Gasteiger charge is 2.36. The number of piperidine rings is 1. The number of nitrogens with one attached hydrogen (secondary N) is 5. The fourth-order valence-corrected chi connectivity index (χ4v) is 6.55. The van der Waals surface area contributed by atoms with Crippen LogP contribution in [0.1, 0.15) is 67.6 Å². The molecule has 1 heterocycles. The van der Waals surface area contributed by atoms with E-state index < -0.39 is 18.0 Å². The van der Waals surface area contributed by atoms with Crippen molar-refractivity contribution in [2.45, 2.75) is 69.4 Å². The average molecular weight is 661 g/mol. The molecule has 0 radical (unpaired) electrons. The predicted octanol–water partition coefficient (Wildman–Crippen LogP) is 3.97. The number of hydrogen-bond acceptors (Lipinski definition) is 5. The van der Waals surface area contributed by atoms with Crippen molar-refractivity contribution < 1.29 is 9.59 Å². The monoisotopic (exact) mass is 659 g/mol. The summed E-state index contributed by atoms with van der Waals surface area (Å²) in [5.41, 5.74) is 14.0. The molecule has 2 unspecified atom stereocenters. The lowest BCUT2D eigenvalue weighted by Gasteiger charge is -2.35. The van der Waals surface area contributed by atoms with E-state index in [0.717, 1.165) is 73.6 Å². The van der Waals surface area contributed by atoms with Crippen molar-refractivity contribution in [1.29, 1.82) is 10.8 Å². The van der Waals surface area contributed by atoms with Crippen molar-refractivity contribution in [2.75, 3.05) is 13.1 Å². The fourth-order valence-electron chi connectivity index (χ4n) is 6.13. The summed E-state index contributed by atoms with van der Waals surface area (Å²) in [6, 6.07) is 13.8. The maximum Gasteiger partial charge on any atom is 0.243 e. The van der Waals surface area contributed by atoms with E-state index in [2.05, 4.69) is 31.9 Å². The molecule has 2 aliphatic rings.